The molecule has 0 atom stereocenters. The molecule has 3 aromatic carbocycles. The van der Waals surface area contributed by atoms with Crippen molar-refractivity contribution < 1.29 is 13.6 Å². The van der Waals surface area contributed by atoms with Gasteiger partial charge in [0.05, 0.1) is 22.0 Å². The van der Waals surface area contributed by atoms with Crippen LogP contribution in [0.2, 0.25) is 5.02 Å². The van der Waals surface area contributed by atoms with Crippen LogP contribution in [0.25, 0.3) is 17.1 Å². The molecule has 0 unspecified atom stereocenters. The van der Waals surface area contributed by atoms with Gasteiger partial charge in [-0.1, -0.05) is 23.7 Å². The Balaban J connectivity index is 1.59. The molecule has 4 aromatic rings. The number of amides is 1. The maximum atomic E-state index is 14.1. The van der Waals surface area contributed by atoms with Crippen LogP contribution in [0, 0.1) is 18.6 Å². The first-order chi connectivity index (χ1) is 14.8. The summed E-state index contributed by atoms with van der Waals surface area (Å²) in [4.78, 5) is 27.2. The third-order valence-electron chi connectivity index (χ3n) is 4.56. The van der Waals surface area contributed by atoms with Crippen LogP contribution in [0.3, 0.4) is 0 Å². The zero-order valence-electron chi connectivity index (χ0n) is 16.1. The first-order valence-electron chi connectivity index (χ1n) is 9.15. The zero-order chi connectivity index (χ0) is 22.1. The first-order valence-corrected chi connectivity index (χ1v) is 9.53. The highest BCUT2D eigenvalue weighted by Gasteiger charge is 2.16. The quantitative estimate of drug-likeness (QED) is 0.482. The fourth-order valence-corrected chi connectivity index (χ4v) is 3.26. The number of benzene rings is 3. The second kappa shape index (κ2) is 8.16. The number of hydrogen-bond donors (Lipinski definition) is 2. The summed E-state index contributed by atoms with van der Waals surface area (Å²) < 4.78 is 29.1. The number of halogens is 3. The van der Waals surface area contributed by atoms with Gasteiger partial charge in [0.2, 0.25) is 0 Å². The molecule has 0 spiro atoms. The third kappa shape index (κ3) is 4.10. The van der Waals surface area contributed by atoms with E-state index in [0.717, 1.165) is 10.2 Å². The molecule has 0 saturated heterocycles. The standard InChI is InChI=1S/C22H15ClF2N4O2/c1-12-5-10-18(17(25)11-12)26-21(30)13-6-8-14(9-7-13)29-22(31)27-20(28-29)19-15(23)3-2-4-16(19)24/h2-11H,1H3,(H,26,30)(H,27,28,31). The molecule has 2 N–H and O–H groups in total. The number of anilines is 1. The molecule has 0 radical (unpaired) electrons. The molecule has 0 aliphatic rings. The molecule has 0 aliphatic carbocycles. The Morgan fingerprint density at radius 3 is 2.48 bits per heavy atom. The van der Waals surface area contributed by atoms with Crippen molar-refractivity contribution in [3.8, 4) is 17.1 Å². The molecule has 156 valence electrons. The number of aromatic nitrogens is 3. The van der Waals surface area contributed by atoms with Crippen LogP contribution in [-0.4, -0.2) is 20.7 Å². The highest BCUT2D eigenvalue weighted by Crippen LogP contribution is 2.27. The normalized spacial score (nSPS) is 10.8. The van der Waals surface area contributed by atoms with Crippen molar-refractivity contribution in [2.24, 2.45) is 0 Å². The van der Waals surface area contributed by atoms with Gasteiger partial charge in [-0.05, 0) is 61.0 Å². The number of carbonyl (C=O) groups is 1. The maximum absolute atomic E-state index is 14.1. The van der Waals surface area contributed by atoms with Crippen molar-refractivity contribution in [1.29, 1.82) is 0 Å². The lowest BCUT2D eigenvalue weighted by atomic mass is 10.1. The summed E-state index contributed by atoms with van der Waals surface area (Å²) in [7, 11) is 0. The number of hydrogen-bond acceptors (Lipinski definition) is 3. The molecule has 9 heteroatoms. The molecule has 0 saturated carbocycles. The van der Waals surface area contributed by atoms with Gasteiger partial charge in [0.15, 0.2) is 5.82 Å². The smallest absolute Gasteiger partial charge is 0.319 e. The highest BCUT2D eigenvalue weighted by molar-refractivity contribution is 6.33. The van der Waals surface area contributed by atoms with Gasteiger partial charge in [-0.2, -0.15) is 4.68 Å². The Morgan fingerprint density at radius 1 is 1.06 bits per heavy atom. The van der Waals surface area contributed by atoms with Crippen LogP contribution in [0.15, 0.2) is 65.5 Å². The number of H-pyrrole nitrogens is 1. The summed E-state index contributed by atoms with van der Waals surface area (Å²) in [5.41, 5.74) is 0.780. The number of rotatable bonds is 4. The van der Waals surface area contributed by atoms with E-state index in [1.165, 1.54) is 54.6 Å². The Kier molecular flexibility index (Phi) is 5.39. The van der Waals surface area contributed by atoms with E-state index in [1.807, 2.05) is 0 Å². The largest absolute Gasteiger partial charge is 0.348 e. The molecule has 0 bridgehead atoms. The molecule has 0 fully saturated rings. The van der Waals surface area contributed by atoms with Crippen LogP contribution >= 0.6 is 11.6 Å². The van der Waals surface area contributed by atoms with Gasteiger partial charge in [0.25, 0.3) is 5.91 Å². The Labute approximate surface area is 180 Å². The molecular formula is C22H15ClF2N4O2. The van der Waals surface area contributed by atoms with E-state index in [9.17, 15) is 18.4 Å². The van der Waals surface area contributed by atoms with E-state index in [1.54, 1.807) is 13.0 Å². The van der Waals surface area contributed by atoms with E-state index >= 15 is 0 Å². The van der Waals surface area contributed by atoms with E-state index in [-0.39, 0.29) is 27.7 Å². The van der Waals surface area contributed by atoms with E-state index < -0.39 is 23.2 Å². The molecule has 1 aromatic heterocycles. The summed E-state index contributed by atoms with van der Waals surface area (Å²) in [6.45, 7) is 1.75. The lowest BCUT2D eigenvalue weighted by Gasteiger charge is -2.08. The van der Waals surface area contributed by atoms with Crippen molar-refractivity contribution in [2.75, 3.05) is 5.32 Å². The molecular weight excluding hydrogens is 426 g/mol. The van der Waals surface area contributed by atoms with Crippen molar-refractivity contribution in [2.45, 2.75) is 6.92 Å². The molecule has 31 heavy (non-hydrogen) atoms. The summed E-state index contributed by atoms with van der Waals surface area (Å²) in [6.07, 6.45) is 0. The predicted octanol–water partition coefficient (Wildman–Crippen LogP) is 4.72. The summed E-state index contributed by atoms with van der Waals surface area (Å²) in [6, 6.07) is 14.6. The van der Waals surface area contributed by atoms with Crippen LogP contribution in [0.5, 0.6) is 0 Å². The fraction of sp³-hybridized carbons (Fsp3) is 0.0455. The topological polar surface area (TPSA) is 79.8 Å². The van der Waals surface area contributed by atoms with Gasteiger partial charge < -0.3 is 5.32 Å². The minimum absolute atomic E-state index is 0.0175. The number of aryl methyl sites for hydroxylation is 1. The van der Waals surface area contributed by atoms with Crippen molar-refractivity contribution in [3.05, 3.63) is 98.9 Å². The Bertz CT molecular complexity index is 1330. The van der Waals surface area contributed by atoms with Crippen LogP contribution in [0.4, 0.5) is 14.5 Å². The molecule has 1 heterocycles. The molecule has 6 nitrogen and oxygen atoms in total. The minimum atomic E-state index is -0.622. The Hall–Kier alpha value is -3.78. The van der Waals surface area contributed by atoms with Crippen molar-refractivity contribution in [1.82, 2.24) is 14.8 Å². The highest BCUT2D eigenvalue weighted by atomic mass is 35.5. The summed E-state index contributed by atoms with van der Waals surface area (Å²) in [5, 5.41) is 6.72. The minimum Gasteiger partial charge on any atom is -0.319 e. The van der Waals surface area contributed by atoms with Gasteiger partial charge in [-0.15, -0.1) is 5.10 Å². The van der Waals surface area contributed by atoms with Gasteiger partial charge in [0.1, 0.15) is 11.6 Å². The number of carbonyl (C=O) groups excluding carboxylic acids is 1. The maximum Gasteiger partial charge on any atom is 0.348 e. The van der Waals surface area contributed by atoms with Gasteiger partial charge in [0, 0.05) is 5.56 Å². The molecule has 1 amide bonds. The first kappa shape index (κ1) is 20.5. The van der Waals surface area contributed by atoms with Crippen molar-refractivity contribution in [3.63, 3.8) is 0 Å². The van der Waals surface area contributed by atoms with Crippen LogP contribution in [-0.2, 0) is 0 Å². The molecule has 4 rings (SSSR count). The van der Waals surface area contributed by atoms with Crippen molar-refractivity contribution >= 4 is 23.2 Å². The van der Waals surface area contributed by atoms with Crippen LogP contribution in [0.1, 0.15) is 15.9 Å². The molecule has 0 aliphatic heterocycles. The van der Waals surface area contributed by atoms with Gasteiger partial charge >= 0.3 is 5.69 Å². The number of aromatic amines is 1. The lowest BCUT2D eigenvalue weighted by molar-refractivity contribution is 0.102. The van der Waals surface area contributed by atoms with Gasteiger partial charge in [-0.3, -0.25) is 9.78 Å². The summed E-state index contributed by atoms with van der Waals surface area (Å²) >= 11 is 6.03. The second-order valence-corrected chi connectivity index (χ2v) is 7.18. The van der Waals surface area contributed by atoms with E-state index in [0.29, 0.717) is 5.69 Å². The van der Waals surface area contributed by atoms with Crippen LogP contribution < -0.4 is 11.0 Å². The zero-order valence-corrected chi connectivity index (χ0v) is 16.9. The second-order valence-electron chi connectivity index (χ2n) is 6.77. The summed E-state index contributed by atoms with van der Waals surface area (Å²) in [5.74, 6) is -1.69. The number of nitrogens with zero attached hydrogens (tertiary/aromatic N) is 2. The Morgan fingerprint density at radius 2 is 1.81 bits per heavy atom. The monoisotopic (exact) mass is 440 g/mol. The fourth-order valence-electron chi connectivity index (χ4n) is 3.01. The lowest BCUT2D eigenvalue weighted by Crippen LogP contribution is -2.17. The predicted molar refractivity (Wildman–Crippen MR) is 114 cm³/mol. The third-order valence-corrected chi connectivity index (χ3v) is 4.88. The van der Waals surface area contributed by atoms with E-state index in [2.05, 4.69) is 15.4 Å². The van der Waals surface area contributed by atoms with Gasteiger partial charge in [-0.25, -0.2) is 13.6 Å². The number of nitrogens with one attached hydrogen (secondary N) is 2. The average Bonchev–Trinajstić information content (AvgIpc) is 3.11. The van der Waals surface area contributed by atoms with E-state index in [4.69, 9.17) is 11.6 Å². The average molecular weight is 441 g/mol. The SMILES string of the molecule is Cc1ccc(NC(=O)c2ccc(-n3nc(-c4c(F)cccc4Cl)[nH]c3=O)cc2)c(F)c1.